The van der Waals surface area contributed by atoms with Crippen LogP contribution in [0, 0.1) is 0 Å². The van der Waals surface area contributed by atoms with Crippen LogP contribution in [0.5, 0.6) is 5.75 Å². The predicted molar refractivity (Wildman–Crippen MR) is 196 cm³/mol. The fourth-order valence-corrected chi connectivity index (χ4v) is 9.01. The molecule has 12 heteroatoms. The van der Waals surface area contributed by atoms with Crippen molar-refractivity contribution in [2.45, 2.75) is 80.9 Å². The van der Waals surface area contributed by atoms with Gasteiger partial charge >= 0.3 is 34.4 Å². The topological polar surface area (TPSA) is 26.3 Å². The molecule has 1 aromatic heterocycles. The minimum atomic E-state index is -9.19. The van der Waals surface area contributed by atoms with Gasteiger partial charge in [0.25, 0.3) is 0 Å². The number of ether oxygens (including phenoxy) is 1. The van der Waals surface area contributed by atoms with Crippen molar-refractivity contribution in [1.29, 1.82) is 0 Å². The van der Waals surface area contributed by atoms with Gasteiger partial charge in [0.1, 0.15) is 5.39 Å². The summed E-state index contributed by atoms with van der Waals surface area (Å²) >= 11 is -0.701. The molecule has 0 aliphatic rings. The van der Waals surface area contributed by atoms with E-state index in [4.69, 9.17) is 16.3 Å². The van der Waals surface area contributed by atoms with E-state index in [1.165, 1.54) is 67.6 Å². The third-order valence-corrected chi connectivity index (χ3v) is 11.3. The van der Waals surface area contributed by atoms with Crippen molar-refractivity contribution in [2.24, 2.45) is 0 Å². The standard InChI is InChI=1S/C37H40ClO2S2.6FH.Sb/c1-2-3-4-5-6-7-8-9-10-16-27-40-33-26-25-32(38)35-36(39)31-19-14-15-20-34(31)42(37(33)35)30-23-21-29(22-24-30)41-28-17-12-11-13-18-28;;;;;;;/h11-15,17-26H,2-10,16,27H2,1H3;6*1H;/q+1;;;;;;;+5/p-6. The van der Waals surface area contributed by atoms with Gasteiger partial charge < -0.3 is 9.44 Å². The Labute approximate surface area is 300 Å². The van der Waals surface area contributed by atoms with Crippen LogP contribution in [0.1, 0.15) is 71.1 Å². The molecule has 0 saturated heterocycles. The second-order valence-corrected chi connectivity index (χ2v) is 18.6. The van der Waals surface area contributed by atoms with Crippen LogP contribution >= 0.6 is 33.8 Å². The molecule has 0 fully saturated rings. The van der Waals surface area contributed by atoms with Crippen LogP contribution < -0.4 is 14.9 Å². The Bertz CT molecular complexity index is 1810. The molecule has 5 rings (SSSR count). The molecule has 0 bridgehead atoms. The number of fused-ring (bicyclic) bond motifs is 2. The first-order valence-electron chi connectivity index (χ1n) is 16.2. The van der Waals surface area contributed by atoms with Crippen LogP contribution in [-0.2, 0) is 0 Å². The van der Waals surface area contributed by atoms with Crippen molar-refractivity contribution in [2.75, 3.05) is 6.61 Å². The van der Waals surface area contributed by atoms with E-state index < -0.39 is 30.8 Å². The van der Waals surface area contributed by atoms with Crippen molar-refractivity contribution in [3.8, 4) is 10.6 Å². The molecule has 0 N–H and O–H groups in total. The Hall–Kier alpha value is -2.39. The van der Waals surface area contributed by atoms with E-state index in [9.17, 15) is 18.9 Å². The monoisotopic (exact) mass is 850 g/mol. The molecular weight excluding hydrogens is 812 g/mol. The van der Waals surface area contributed by atoms with Crippen molar-refractivity contribution in [1.82, 2.24) is 0 Å². The Morgan fingerprint density at radius 2 is 1.22 bits per heavy atom. The SMILES string of the molecule is CCCCCCCCCCCCOc1ccc(Cl)c2c(=O)c3ccccc3[s+](-c3ccc(Sc4ccccc4)cc3)c12.[F-].[F][Sb]([F])([F])([F])[F]. The van der Waals surface area contributed by atoms with Crippen molar-refractivity contribution in [3.05, 3.63) is 106 Å². The second-order valence-electron chi connectivity index (χ2n) is 11.4. The predicted octanol–water partition coefficient (Wildman–Crippen LogP) is 10.9. The molecule has 2 nitrogen and oxygen atoms in total. The summed E-state index contributed by atoms with van der Waals surface area (Å²) in [5.74, 6) is 0.777. The number of rotatable bonds is 15. The van der Waals surface area contributed by atoms with Crippen LogP contribution in [0.3, 0.4) is 0 Å². The molecule has 1 atom stereocenters. The van der Waals surface area contributed by atoms with E-state index >= 15 is 0 Å². The van der Waals surface area contributed by atoms with Gasteiger partial charge in [-0.25, -0.2) is 0 Å². The first-order valence-corrected chi connectivity index (χ1v) is 23.4. The Morgan fingerprint density at radius 1 is 0.694 bits per heavy atom. The molecule has 0 radical (unpaired) electrons. The van der Waals surface area contributed by atoms with Gasteiger partial charge in [-0.05, 0) is 67.1 Å². The first-order chi connectivity index (χ1) is 22.9. The molecule has 5 aromatic rings. The third-order valence-electron chi connectivity index (χ3n) is 7.65. The van der Waals surface area contributed by atoms with Gasteiger partial charge in [0, 0.05) is 20.3 Å². The van der Waals surface area contributed by atoms with E-state index in [1.54, 1.807) is 11.8 Å². The summed E-state index contributed by atoms with van der Waals surface area (Å²) in [7, 11) is -0.510. The molecule has 1 heterocycles. The van der Waals surface area contributed by atoms with Crippen LogP contribution in [0.4, 0.5) is 14.1 Å². The van der Waals surface area contributed by atoms with E-state index in [1.807, 2.05) is 36.4 Å². The second kappa shape index (κ2) is 19.3. The first kappa shape index (κ1) is 41.0. The van der Waals surface area contributed by atoms with Crippen LogP contribution in [0.25, 0.3) is 25.1 Å². The van der Waals surface area contributed by atoms with Gasteiger partial charge in [0.05, 0.1) is 17.0 Å². The van der Waals surface area contributed by atoms with E-state index in [0.29, 0.717) is 17.0 Å². The fraction of sp³-hybridized carbons (Fsp3) is 0.324. The van der Waals surface area contributed by atoms with Crippen LogP contribution in [0.15, 0.2) is 106 Å². The summed E-state index contributed by atoms with van der Waals surface area (Å²) in [6, 6.07) is 30.9. The number of halogens is 7. The summed E-state index contributed by atoms with van der Waals surface area (Å²) in [4.78, 5) is 17.3. The van der Waals surface area contributed by atoms with E-state index in [0.717, 1.165) is 31.9 Å². The van der Waals surface area contributed by atoms with Crippen molar-refractivity contribution < 1.29 is 23.5 Å². The molecule has 49 heavy (non-hydrogen) atoms. The summed E-state index contributed by atoms with van der Waals surface area (Å²) in [6.07, 6.45) is 12.8. The maximum absolute atomic E-state index is 13.7. The molecule has 4 aromatic carbocycles. The van der Waals surface area contributed by atoms with Crippen molar-refractivity contribution >= 4 is 74.3 Å². The normalized spacial score (nSPS) is 12.5. The Balaban J connectivity index is 0.000000853. The van der Waals surface area contributed by atoms with Gasteiger partial charge in [-0.2, -0.15) is 0 Å². The van der Waals surface area contributed by atoms with Gasteiger partial charge in [-0.1, -0.05) is 118 Å². The van der Waals surface area contributed by atoms with Crippen LogP contribution in [-0.4, -0.2) is 26.9 Å². The van der Waals surface area contributed by atoms with Crippen LogP contribution in [0.2, 0.25) is 5.02 Å². The molecule has 0 spiro atoms. The Kier molecular flexibility index (Phi) is 16.1. The summed E-state index contributed by atoms with van der Waals surface area (Å²) in [5.41, 5.74) is -0.0185. The van der Waals surface area contributed by atoms with Gasteiger partial charge in [0.15, 0.2) is 15.3 Å². The molecule has 1 unspecified atom stereocenters. The zero-order chi connectivity index (χ0) is 34.6. The van der Waals surface area contributed by atoms with E-state index in [-0.39, 0.29) is 10.1 Å². The maximum atomic E-state index is 13.7. The van der Waals surface area contributed by atoms with Gasteiger partial charge in [-0.15, -0.1) is 0 Å². The van der Waals surface area contributed by atoms with E-state index in [2.05, 4.69) is 61.5 Å². The molecule has 0 aliphatic heterocycles. The average Bonchev–Trinajstić information content (AvgIpc) is 3.04. The number of unbranched alkanes of at least 4 members (excludes halogenated alkanes) is 9. The Morgan fingerprint density at radius 3 is 1.84 bits per heavy atom. The van der Waals surface area contributed by atoms with Gasteiger partial charge in [-0.3, -0.25) is 4.79 Å². The fourth-order valence-electron chi connectivity index (χ4n) is 5.43. The minimum absolute atomic E-state index is 0. The summed E-state index contributed by atoms with van der Waals surface area (Å²) in [5, 5.41) is 1.80. The van der Waals surface area contributed by atoms with Crippen molar-refractivity contribution in [3.63, 3.8) is 0 Å². The molecule has 266 valence electrons. The zero-order valence-electron chi connectivity index (χ0n) is 27.2. The number of hydrogen-bond donors (Lipinski definition) is 0. The molecule has 0 saturated carbocycles. The average molecular weight is 852 g/mol. The summed E-state index contributed by atoms with van der Waals surface area (Å²) in [6.45, 7) is 2.91. The molecule has 0 aliphatic carbocycles. The zero-order valence-corrected chi connectivity index (χ0v) is 32.1. The van der Waals surface area contributed by atoms with Gasteiger partial charge in [0.2, 0.25) is 10.1 Å². The molecule has 0 amide bonds. The number of hydrogen-bond acceptors (Lipinski definition) is 3. The third kappa shape index (κ3) is 13.3. The quantitative estimate of drug-likeness (QED) is 0.0345. The summed E-state index contributed by atoms with van der Waals surface area (Å²) < 4.78 is 57.9. The molecular formula is C37H40ClF6O2S2Sb. The number of benzene rings is 4.